The van der Waals surface area contributed by atoms with Gasteiger partial charge in [0.15, 0.2) is 6.61 Å². The van der Waals surface area contributed by atoms with Crippen molar-refractivity contribution in [1.29, 1.82) is 0 Å². The average molecular weight is 386 g/mol. The molecule has 2 atom stereocenters. The fraction of sp³-hybridized carbons (Fsp3) is 0.591. The van der Waals surface area contributed by atoms with E-state index in [0.29, 0.717) is 18.2 Å². The van der Waals surface area contributed by atoms with Crippen molar-refractivity contribution in [3.63, 3.8) is 0 Å². The minimum Gasteiger partial charge on any atom is -0.455 e. The fourth-order valence-electron chi connectivity index (χ4n) is 4.04. The standard InChI is InChI=1S/C22H30N2O4/c1-3-15(2)16-8-10-18(11-9-16)23-20(25)14-28-22(27)17-12-21(26)24(13-17)19-6-4-5-7-19/h8-11,15,17,19H,3-7,12-14H2,1-2H3,(H,23,25)/t15-,17+/m1/s1. The molecule has 1 heterocycles. The first kappa shape index (κ1) is 20.4. The molecule has 1 aromatic rings. The average Bonchev–Trinajstić information content (AvgIpc) is 3.35. The van der Waals surface area contributed by atoms with E-state index < -0.39 is 11.9 Å². The van der Waals surface area contributed by atoms with Crippen molar-refractivity contribution in [2.75, 3.05) is 18.5 Å². The van der Waals surface area contributed by atoms with Crippen LogP contribution in [0.15, 0.2) is 24.3 Å². The van der Waals surface area contributed by atoms with Crippen LogP contribution in [0.1, 0.15) is 63.9 Å². The van der Waals surface area contributed by atoms with E-state index in [0.717, 1.165) is 32.1 Å². The quantitative estimate of drug-likeness (QED) is 0.728. The largest absolute Gasteiger partial charge is 0.455 e. The van der Waals surface area contributed by atoms with Gasteiger partial charge >= 0.3 is 5.97 Å². The van der Waals surface area contributed by atoms with Crippen molar-refractivity contribution in [2.45, 2.75) is 64.3 Å². The number of hydrogen-bond donors (Lipinski definition) is 1. The Morgan fingerprint density at radius 1 is 1.21 bits per heavy atom. The Morgan fingerprint density at radius 3 is 2.54 bits per heavy atom. The Balaban J connectivity index is 1.44. The molecular formula is C22H30N2O4. The van der Waals surface area contributed by atoms with Crippen LogP contribution in [0.4, 0.5) is 5.69 Å². The summed E-state index contributed by atoms with van der Waals surface area (Å²) in [6.45, 7) is 4.38. The number of ether oxygens (including phenoxy) is 1. The predicted octanol–water partition coefficient (Wildman–Crippen LogP) is 3.47. The Bertz CT molecular complexity index is 710. The maximum absolute atomic E-state index is 12.3. The molecule has 2 amide bonds. The number of amides is 2. The third kappa shape index (κ3) is 4.91. The highest BCUT2D eigenvalue weighted by molar-refractivity contribution is 5.93. The molecule has 2 fully saturated rings. The lowest BCUT2D eigenvalue weighted by Crippen LogP contribution is -2.35. The molecule has 6 nitrogen and oxygen atoms in total. The normalized spacial score (nSPS) is 21.0. The Morgan fingerprint density at radius 2 is 1.89 bits per heavy atom. The second-order valence-electron chi connectivity index (χ2n) is 7.97. The van der Waals surface area contributed by atoms with E-state index in [4.69, 9.17) is 4.74 Å². The summed E-state index contributed by atoms with van der Waals surface area (Å²) in [6.07, 6.45) is 5.57. The minimum absolute atomic E-state index is 0.0275. The number of rotatable bonds is 7. The SMILES string of the molecule is CC[C@@H](C)c1ccc(NC(=O)COC(=O)[C@H]2CC(=O)N(C3CCCC3)C2)cc1. The lowest BCUT2D eigenvalue weighted by molar-refractivity contribution is -0.151. The van der Waals surface area contributed by atoms with Gasteiger partial charge in [-0.3, -0.25) is 14.4 Å². The topological polar surface area (TPSA) is 75.7 Å². The van der Waals surface area contributed by atoms with Gasteiger partial charge in [0.1, 0.15) is 0 Å². The van der Waals surface area contributed by atoms with Crippen LogP contribution in [-0.2, 0) is 19.1 Å². The molecule has 0 aromatic heterocycles. The van der Waals surface area contributed by atoms with Crippen LogP contribution >= 0.6 is 0 Å². The van der Waals surface area contributed by atoms with Gasteiger partial charge in [-0.2, -0.15) is 0 Å². The second-order valence-corrected chi connectivity index (χ2v) is 7.97. The molecule has 1 saturated heterocycles. The molecule has 0 spiro atoms. The van der Waals surface area contributed by atoms with E-state index in [1.54, 1.807) is 0 Å². The fourth-order valence-corrected chi connectivity index (χ4v) is 4.04. The molecule has 1 saturated carbocycles. The third-order valence-electron chi connectivity index (χ3n) is 5.98. The summed E-state index contributed by atoms with van der Waals surface area (Å²) in [6, 6.07) is 7.98. The van der Waals surface area contributed by atoms with E-state index in [-0.39, 0.29) is 30.9 Å². The van der Waals surface area contributed by atoms with Crippen LogP contribution in [0.5, 0.6) is 0 Å². The molecule has 1 aromatic carbocycles. The molecule has 1 aliphatic carbocycles. The van der Waals surface area contributed by atoms with Crippen LogP contribution in [0.3, 0.4) is 0 Å². The van der Waals surface area contributed by atoms with Crippen molar-refractivity contribution in [3.05, 3.63) is 29.8 Å². The summed E-state index contributed by atoms with van der Waals surface area (Å²) in [5.74, 6) is -0.795. The first-order chi connectivity index (χ1) is 13.5. The van der Waals surface area contributed by atoms with Crippen LogP contribution < -0.4 is 5.32 Å². The lowest BCUT2D eigenvalue weighted by Gasteiger charge is -2.23. The lowest BCUT2D eigenvalue weighted by atomic mass is 9.99. The van der Waals surface area contributed by atoms with Gasteiger partial charge in [0, 0.05) is 24.7 Å². The zero-order valence-electron chi connectivity index (χ0n) is 16.8. The van der Waals surface area contributed by atoms with Gasteiger partial charge in [-0.05, 0) is 42.9 Å². The molecule has 152 valence electrons. The number of nitrogens with zero attached hydrogens (tertiary/aromatic N) is 1. The van der Waals surface area contributed by atoms with Crippen LogP contribution in [0.2, 0.25) is 0 Å². The van der Waals surface area contributed by atoms with E-state index >= 15 is 0 Å². The zero-order chi connectivity index (χ0) is 20.1. The highest BCUT2D eigenvalue weighted by Crippen LogP contribution is 2.29. The van der Waals surface area contributed by atoms with Gasteiger partial charge in [-0.25, -0.2) is 0 Å². The van der Waals surface area contributed by atoms with Crippen LogP contribution in [-0.4, -0.2) is 41.9 Å². The first-order valence-electron chi connectivity index (χ1n) is 10.3. The summed E-state index contributed by atoms with van der Waals surface area (Å²) in [5, 5.41) is 2.74. The zero-order valence-corrected chi connectivity index (χ0v) is 16.8. The highest BCUT2D eigenvalue weighted by Gasteiger charge is 2.39. The molecular weight excluding hydrogens is 356 g/mol. The van der Waals surface area contributed by atoms with Gasteiger partial charge < -0.3 is 15.0 Å². The Hall–Kier alpha value is -2.37. The van der Waals surface area contributed by atoms with E-state index in [9.17, 15) is 14.4 Å². The van der Waals surface area contributed by atoms with Gasteiger partial charge in [-0.1, -0.05) is 38.8 Å². The Kier molecular flexibility index (Phi) is 6.70. The molecule has 0 bridgehead atoms. The van der Waals surface area contributed by atoms with Crippen LogP contribution in [0.25, 0.3) is 0 Å². The molecule has 0 unspecified atom stereocenters. The molecule has 2 aliphatic rings. The molecule has 1 N–H and O–H groups in total. The Labute approximate surface area is 166 Å². The third-order valence-corrected chi connectivity index (χ3v) is 5.98. The van der Waals surface area contributed by atoms with Gasteiger partial charge in [-0.15, -0.1) is 0 Å². The number of nitrogens with one attached hydrogen (secondary N) is 1. The second kappa shape index (κ2) is 9.22. The summed E-state index contributed by atoms with van der Waals surface area (Å²) < 4.78 is 5.17. The monoisotopic (exact) mass is 386 g/mol. The summed E-state index contributed by atoms with van der Waals surface area (Å²) >= 11 is 0. The molecule has 3 rings (SSSR count). The highest BCUT2D eigenvalue weighted by atomic mass is 16.5. The van der Waals surface area contributed by atoms with Gasteiger partial charge in [0.25, 0.3) is 5.91 Å². The molecule has 28 heavy (non-hydrogen) atoms. The summed E-state index contributed by atoms with van der Waals surface area (Å²) in [5.41, 5.74) is 1.90. The number of benzene rings is 1. The van der Waals surface area contributed by atoms with Crippen molar-refractivity contribution < 1.29 is 19.1 Å². The molecule has 0 radical (unpaired) electrons. The minimum atomic E-state index is -0.462. The van der Waals surface area contributed by atoms with Crippen molar-refractivity contribution in [3.8, 4) is 0 Å². The van der Waals surface area contributed by atoms with Crippen molar-refractivity contribution >= 4 is 23.5 Å². The van der Waals surface area contributed by atoms with Crippen LogP contribution in [0, 0.1) is 5.92 Å². The van der Waals surface area contributed by atoms with Crippen molar-refractivity contribution in [1.82, 2.24) is 4.90 Å². The number of hydrogen-bond acceptors (Lipinski definition) is 4. The summed E-state index contributed by atoms with van der Waals surface area (Å²) in [7, 11) is 0. The van der Waals surface area contributed by atoms with E-state index in [1.807, 2.05) is 29.2 Å². The van der Waals surface area contributed by atoms with E-state index in [2.05, 4.69) is 19.2 Å². The summed E-state index contributed by atoms with van der Waals surface area (Å²) in [4.78, 5) is 38.4. The number of carbonyl (C=O) groups is 3. The number of carbonyl (C=O) groups excluding carboxylic acids is 3. The molecule has 1 aliphatic heterocycles. The smallest absolute Gasteiger partial charge is 0.311 e. The predicted molar refractivity (Wildman–Crippen MR) is 107 cm³/mol. The molecule has 6 heteroatoms. The number of anilines is 1. The maximum atomic E-state index is 12.3. The first-order valence-corrected chi connectivity index (χ1v) is 10.3. The van der Waals surface area contributed by atoms with E-state index in [1.165, 1.54) is 5.56 Å². The number of likely N-dealkylation sites (tertiary alicyclic amines) is 1. The van der Waals surface area contributed by atoms with Gasteiger partial charge in [0.05, 0.1) is 5.92 Å². The van der Waals surface area contributed by atoms with Crippen molar-refractivity contribution in [2.24, 2.45) is 5.92 Å². The maximum Gasteiger partial charge on any atom is 0.311 e. The van der Waals surface area contributed by atoms with Gasteiger partial charge in [0.2, 0.25) is 5.91 Å². The number of esters is 1.